The molecule has 4 aliphatic heterocycles. The Morgan fingerprint density at radius 1 is 0.643 bits per heavy atom. The Kier molecular flexibility index (Phi) is 18.9. The van der Waals surface area contributed by atoms with E-state index in [1.807, 2.05) is 27.7 Å². The number of hydrogen-bond acceptors (Lipinski definition) is 24. The lowest BCUT2D eigenvalue weighted by Crippen LogP contribution is -2.74. The van der Waals surface area contributed by atoms with Crippen LogP contribution in [0.1, 0.15) is 121 Å². The Bertz CT molecular complexity index is 2380. The van der Waals surface area contributed by atoms with Crippen molar-refractivity contribution in [3.63, 3.8) is 0 Å². The highest BCUT2D eigenvalue weighted by Gasteiger charge is 2.75. The minimum Gasteiger partial charge on any atom is -0.479 e. The van der Waals surface area contributed by atoms with Crippen LogP contribution in [-0.2, 0) is 47.5 Å². The molecule has 25 nitrogen and oxygen atoms in total. The molecule has 0 radical (unpaired) electrons. The molecule has 0 aromatic rings. The topological polar surface area (TPSA) is 411 Å². The summed E-state index contributed by atoms with van der Waals surface area (Å²) in [6.45, 7) is 17.3. The van der Waals surface area contributed by atoms with Crippen molar-refractivity contribution in [2.45, 2.75) is 262 Å². The Balaban J connectivity index is 1.09. The van der Waals surface area contributed by atoms with E-state index in [1.165, 1.54) is 6.92 Å². The summed E-state index contributed by atoms with van der Waals surface area (Å²) in [6, 6.07) is 0. The van der Waals surface area contributed by atoms with E-state index in [0.717, 1.165) is 5.57 Å². The van der Waals surface area contributed by atoms with E-state index < -0.39 is 223 Å². The first-order valence-corrected chi connectivity index (χ1v) is 30.2. The van der Waals surface area contributed by atoms with Crippen molar-refractivity contribution in [1.29, 1.82) is 0 Å². The lowest BCUT2D eigenvalue weighted by atomic mass is 9.32. The van der Waals surface area contributed by atoms with E-state index in [1.54, 1.807) is 6.92 Å². The Labute approximate surface area is 489 Å². The quantitative estimate of drug-likeness (QED) is 0.0684. The summed E-state index contributed by atoms with van der Waals surface area (Å²) in [5.41, 5.74) is -4.05. The maximum absolute atomic E-state index is 13.6. The van der Waals surface area contributed by atoms with E-state index in [2.05, 4.69) is 33.8 Å². The van der Waals surface area contributed by atoms with Crippen molar-refractivity contribution < 1.29 is 124 Å². The number of fused-ring (bicyclic) bond motifs is 7. The van der Waals surface area contributed by atoms with Crippen LogP contribution in [0.2, 0.25) is 0 Å². The van der Waals surface area contributed by atoms with Crippen molar-refractivity contribution in [3.8, 4) is 0 Å². The number of aliphatic hydroxyl groups excluding tert-OH is 14. The maximum Gasteiger partial charge on any atom is 0.335 e. The first-order chi connectivity index (χ1) is 39.2. The van der Waals surface area contributed by atoms with Gasteiger partial charge in [0.1, 0.15) is 91.6 Å². The summed E-state index contributed by atoms with van der Waals surface area (Å²) in [7, 11) is 0. The van der Waals surface area contributed by atoms with Crippen LogP contribution in [-0.4, -0.2) is 249 Å². The van der Waals surface area contributed by atoms with Crippen LogP contribution in [0.5, 0.6) is 0 Å². The molecule has 9 aliphatic rings. The normalized spacial score (nSPS) is 53.0. The fraction of sp³-hybridized carbons (Fsp3) is 0.932. The standard InChI is InChI=1S/C59H96O25/c1-11-23(2)50(76)80-32-19-54(4,5)18-27-25-12-13-31-56(8)16-14-26(55(6,7)30(56)15-17-57(31,9)58(25,10)47(72)48(73)59(27,32)22-62)42-46(84-52-40(70)37(67)34(64)28(20-60)78-52)43(41(71)44(81-42)49(74)75)82-53-45(38(68)35(65)29(21-61)79-53)83-51-39(69)36(66)33(63)24(3)77-51/h12,23-24,26-48,51-53,60-73H,11,13-22H2,1-10H3,(H,74,75)/t23?,24-,26+,27-,28+,29+,30-,31+,32-,33-,34+,35-,36+,37-,38-,39+,40+,41-,42-,43-,44-,45+,46-,47-,48+,51-,52-,53-,56-,57+,58-,59+/m0/s1. The summed E-state index contributed by atoms with van der Waals surface area (Å²) >= 11 is 0. The molecule has 4 saturated carbocycles. The average molecular weight is 1210 g/mol. The van der Waals surface area contributed by atoms with Gasteiger partial charge in [0.25, 0.3) is 0 Å². The number of carboxylic acids is 1. The summed E-state index contributed by atoms with van der Waals surface area (Å²) in [6.07, 6.45) is -34.6. The molecule has 0 aromatic heterocycles. The lowest BCUT2D eigenvalue weighted by molar-refractivity contribution is -0.393. The van der Waals surface area contributed by atoms with Gasteiger partial charge in [-0.1, -0.05) is 74.0 Å². The highest BCUT2D eigenvalue weighted by molar-refractivity contribution is 5.73. The van der Waals surface area contributed by atoms with Gasteiger partial charge in [0.05, 0.1) is 55.6 Å². The summed E-state index contributed by atoms with van der Waals surface area (Å²) in [5, 5.41) is 169. The van der Waals surface area contributed by atoms with Gasteiger partial charge in [-0.05, 0) is 104 Å². The predicted molar refractivity (Wildman–Crippen MR) is 288 cm³/mol. The number of esters is 1. The highest BCUT2D eigenvalue weighted by Crippen LogP contribution is 2.76. The van der Waals surface area contributed by atoms with Crippen LogP contribution >= 0.6 is 0 Å². The zero-order valence-electron chi connectivity index (χ0n) is 49.8. The van der Waals surface area contributed by atoms with E-state index in [9.17, 15) is 86.2 Å². The van der Waals surface area contributed by atoms with Crippen molar-refractivity contribution in [3.05, 3.63) is 11.6 Å². The smallest absolute Gasteiger partial charge is 0.335 e. The second kappa shape index (κ2) is 23.9. The number of ether oxygens (including phenoxy) is 8. The number of aliphatic hydroxyl groups is 14. The van der Waals surface area contributed by atoms with Gasteiger partial charge in [-0.25, -0.2) is 4.79 Å². The molecule has 0 aromatic carbocycles. The minimum absolute atomic E-state index is 0.157. The zero-order chi connectivity index (χ0) is 62.0. The summed E-state index contributed by atoms with van der Waals surface area (Å²) < 4.78 is 49.4. The zero-order valence-corrected chi connectivity index (χ0v) is 49.8. The van der Waals surface area contributed by atoms with Crippen LogP contribution < -0.4 is 0 Å². The molecule has 32 atom stereocenters. The third-order valence-corrected chi connectivity index (χ3v) is 23.2. The maximum atomic E-state index is 13.6. The van der Waals surface area contributed by atoms with Crippen molar-refractivity contribution >= 4 is 11.9 Å². The van der Waals surface area contributed by atoms with Gasteiger partial charge in [-0.3, -0.25) is 4.79 Å². The molecule has 9 rings (SSSR count). The average Bonchev–Trinajstić information content (AvgIpc) is 0.681. The molecule has 5 aliphatic carbocycles. The van der Waals surface area contributed by atoms with Crippen molar-refractivity contribution in [2.24, 2.45) is 62.1 Å². The van der Waals surface area contributed by atoms with Crippen molar-refractivity contribution in [2.75, 3.05) is 19.8 Å². The molecular weight excluding hydrogens is 1110 g/mol. The van der Waals surface area contributed by atoms with Gasteiger partial charge in [-0.2, -0.15) is 0 Å². The Morgan fingerprint density at radius 2 is 1.21 bits per heavy atom. The molecule has 482 valence electrons. The third-order valence-electron chi connectivity index (χ3n) is 23.2. The number of allylic oxidation sites excluding steroid dienone is 1. The second-order valence-electron chi connectivity index (χ2n) is 28.4. The van der Waals surface area contributed by atoms with Crippen molar-refractivity contribution in [1.82, 2.24) is 0 Å². The number of carbonyl (C=O) groups is 2. The van der Waals surface area contributed by atoms with E-state index in [4.69, 9.17) is 37.9 Å². The van der Waals surface area contributed by atoms with Crippen LogP contribution in [0.4, 0.5) is 0 Å². The molecule has 0 bridgehead atoms. The third kappa shape index (κ3) is 10.4. The fourth-order valence-electron chi connectivity index (χ4n) is 18.0. The Hall–Kier alpha value is -2.16. The van der Waals surface area contributed by atoms with E-state index in [-0.39, 0.29) is 18.3 Å². The van der Waals surface area contributed by atoms with Crippen LogP contribution in [0.3, 0.4) is 0 Å². The SMILES string of the molecule is CCC(C)C(=O)O[C@H]1CC(C)(C)C[C@H]2C3=CC[C@@H]4[C@@]5(C)CC[C@H]([C@@H]6O[C@H](C(=O)O)[C@@H](O)[C@H](O[C@@H]7O[C@H](CO)[C@H](O)[C@H](O)[C@H]7O[C@@H]7O[C@@H](C)[C@H](O)[C@@H](O)[C@H]7O)[C@H]6O[C@@H]6O[C@H](CO)[C@@H](O)[C@H](O)[C@H]6O)C(C)(C)[C@@H]5CC[C@@]4(C)[C@]3(C)[C@@H](O)[C@@H](O)[C@@]12CO. The fourth-order valence-corrected chi connectivity index (χ4v) is 18.0. The molecule has 15 N–H and O–H groups in total. The molecule has 1 unspecified atom stereocenters. The van der Waals surface area contributed by atoms with E-state index in [0.29, 0.717) is 44.9 Å². The number of hydrogen-bond donors (Lipinski definition) is 15. The molecule has 25 heteroatoms. The van der Waals surface area contributed by atoms with Gasteiger partial charge in [0.2, 0.25) is 0 Å². The molecule has 8 fully saturated rings. The van der Waals surface area contributed by atoms with Gasteiger partial charge < -0.3 is 114 Å². The molecule has 4 saturated heterocycles. The number of carboxylic acid groups (broad SMARTS) is 1. The van der Waals surface area contributed by atoms with Crippen LogP contribution in [0.15, 0.2) is 11.6 Å². The van der Waals surface area contributed by atoms with Gasteiger partial charge in [0.15, 0.2) is 25.0 Å². The van der Waals surface area contributed by atoms with Gasteiger partial charge >= 0.3 is 11.9 Å². The molecular formula is C59H96O25. The lowest BCUT2D eigenvalue weighted by Gasteiger charge is -2.73. The summed E-state index contributed by atoms with van der Waals surface area (Å²) in [5.74, 6) is -4.09. The Morgan fingerprint density at radius 3 is 1.81 bits per heavy atom. The van der Waals surface area contributed by atoms with Gasteiger partial charge in [0, 0.05) is 5.41 Å². The first-order valence-electron chi connectivity index (χ1n) is 30.2. The van der Waals surface area contributed by atoms with Crippen LogP contribution in [0, 0.1) is 62.1 Å². The molecule has 4 heterocycles. The van der Waals surface area contributed by atoms with Crippen LogP contribution in [0.25, 0.3) is 0 Å². The predicted octanol–water partition coefficient (Wildman–Crippen LogP) is -1.66. The highest BCUT2D eigenvalue weighted by atomic mass is 16.8. The number of carbonyl (C=O) groups excluding carboxylic acids is 1. The van der Waals surface area contributed by atoms with E-state index >= 15 is 0 Å². The summed E-state index contributed by atoms with van der Waals surface area (Å²) in [4.78, 5) is 27.0. The number of aliphatic carboxylic acids is 1. The molecule has 0 amide bonds. The monoisotopic (exact) mass is 1200 g/mol. The largest absolute Gasteiger partial charge is 0.479 e. The van der Waals surface area contributed by atoms with Gasteiger partial charge in [-0.15, -0.1) is 0 Å². The minimum atomic E-state index is -2.22. The first kappa shape index (κ1) is 66.3. The number of rotatable bonds is 14. The molecule has 0 spiro atoms. The molecule has 84 heavy (non-hydrogen) atoms. The second-order valence-corrected chi connectivity index (χ2v) is 28.4.